The first kappa shape index (κ1) is 13.8. The van der Waals surface area contributed by atoms with Crippen molar-refractivity contribution in [2.24, 2.45) is 0 Å². The molecule has 2 rings (SSSR count). The average molecular weight is 210 g/mol. The van der Waals surface area contributed by atoms with E-state index in [0.717, 1.165) is 29.9 Å². The number of fused-ring (bicyclic) bond motifs is 1. The number of aryl methyl sites for hydroxylation is 1. The normalized spacial score (nSPS) is 12.5. The molecule has 0 unspecified atom stereocenters. The molecule has 0 atom stereocenters. The lowest BCUT2D eigenvalue weighted by Gasteiger charge is -2.10. The Morgan fingerprint density at radius 2 is 1.80 bits per heavy atom. The highest BCUT2D eigenvalue weighted by atomic mass is 16.1. The van der Waals surface area contributed by atoms with Crippen molar-refractivity contribution in [2.75, 3.05) is 6.54 Å². The van der Waals surface area contributed by atoms with Gasteiger partial charge in [-0.2, -0.15) is 0 Å². The molecular weight excluding hydrogens is 188 g/mol. The van der Waals surface area contributed by atoms with Gasteiger partial charge >= 0.3 is 0 Å². The molecule has 86 valence electrons. The molecule has 3 nitrogen and oxygen atoms in total. The summed E-state index contributed by atoms with van der Waals surface area (Å²) in [4.78, 5) is 14.3. The van der Waals surface area contributed by atoms with Gasteiger partial charge in [0.2, 0.25) is 0 Å². The summed E-state index contributed by atoms with van der Waals surface area (Å²) >= 11 is 0. The van der Waals surface area contributed by atoms with E-state index in [-0.39, 0.29) is 5.91 Å². The molecule has 0 aromatic carbocycles. The number of aromatic amines is 1. The third kappa shape index (κ3) is 3.42. The van der Waals surface area contributed by atoms with Crippen LogP contribution in [0.5, 0.6) is 0 Å². The van der Waals surface area contributed by atoms with E-state index in [2.05, 4.69) is 10.3 Å². The summed E-state index contributed by atoms with van der Waals surface area (Å²) in [5.74, 6) is 0.0515. The van der Waals surface area contributed by atoms with E-state index in [9.17, 15) is 4.79 Å². The minimum absolute atomic E-state index is 0.0515. The van der Waals surface area contributed by atoms with Gasteiger partial charge in [0.05, 0.1) is 5.56 Å². The van der Waals surface area contributed by atoms with Gasteiger partial charge in [-0.1, -0.05) is 27.7 Å². The van der Waals surface area contributed by atoms with Crippen molar-refractivity contribution in [1.82, 2.24) is 10.3 Å². The number of carbonyl (C=O) groups is 1. The molecule has 0 spiro atoms. The van der Waals surface area contributed by atoms with E-state index in [1.165, 1.54) is 0 Å². The van der Waals surface area contributed by atoms with Crippen LogP contribution < -0.4 is 5.32 Å². The van der Waals surface area contributed by atoms with Crippen molar-refractivity contribution in [3.63, 3.8) is 0 Å². The first-order chi connectivity index (χ1) is 7.27. The largest absolute Gasteiger partial charge is 0.362 e. The average Bonchev–Trinajstić information content (AvgIpc) is 2.66. The Morgan fingerprint density at radius 1 is 1.20 bits per heavy atom. The number of carbonyl (C=O) groups excluding carboxylic acids is 1. The second-order valence-electron chi connectivity index (χ2n) is 2.85. The van der Waals surface area contributed by atoms with Crippen molar-refractivity contribution in [2.45, 2.75) is 41.0 Å². The molecule has 3 heteroatoms. The number of aromatic nitrogens is 1. The second kappa shape index (κ2) is 7.10. The van der Waals surface area contributed by atoms with Gasteiger partial charge in [-0.15, -0.1) is 0 Å². The van der Waals surface area contributed by atoms with Gasteiger partial charge in [-0.25, -0.2) is 0 Å². The molecule has 0 bridgehead atoms. The molecule has 2 N–H and O–H groups in total. The topological polar surface area (TPSA) is 44.9 Å². The van der Waals surface area contributed by atoms with E-state index in [1.807, 2.05) is 40.7 Å². The van der Waals surface area contributed by atoms with Crippen LogP contribution in [0.3, 0.4) is 0 Å². The Balaban J connectivity index is 0.000000442. The first-order valence-corrected chi connectivity index (χ1v) is 5.74. The van der Waals surface area contributed by atoms with Crippen molar-refractivity contribution in [3.8, 4) is 0 Å². The number of rotatable bonds is 0. The summed E-state index contributed by atoms with van der Waals surface area (Å²) in [7, 11) is 0. The lowest BCUT2D eigenvalue weighted by Crippen LogP contribution is -2.31. The van der Waals surface area contributed by atoms with Crippen molar-refractivity contribution < 1.29 is 4.79 Å². The first-order valence-electron chi connectivity index (χ1n) is 5.74. The van der Waals surface area contributed by atoms with E-state index in [1.54, 1.807) is 0 Å². The van der Waals surface area contributed by atoms with Gasteiger partial charge in [0.15, 0.2) is 0 Å². The lowest BCUT2D eigenvalue weighted by atomic mass is 10.1. The van der Waals surface area contributed by atoms with Crippen molar-refractivity contribution >= 4 is 5.91 Å². The zero-order valence-electron chi connectivity index (χ0n) is 10.4. The molecule has 1 aliphatic rings. The zero-order chi connectivity index (χ0) is 11.8. The molecule has 2 heterocycles. The standard InChI is InChI=1S/C8H10N2O.2C2H6/c1-5-4-6-7(10-5)2-3-9-8(6)11;2*1-2/h4,10H,2-3H2,1H3,(H,9,11);2*1-2H3. The molecule has 1 amide bonds. The number of nitrogens with one attached hydrogen (secondary N) is 2. The van der Waals surface area contributed by atoms with Crippen LogP contribution in [0.25, 0.3) is 0 Å². The summed E-state index contributed by atoms with van der Waals surface area (Å²) < 4.78 is 0. The maximum Gasteiger partial charge on any atom is 0.253 e. The minimum Gasteiger partial charge on any atom is -0.362 e. The fraction of sp³-hybridized carbons (Fsp3) is 0.583. The number of hydrogen-bond acceptors (Lipinski definition) is 1. The SMILES string of the molecule is CC.CC.Cc1cc2c([nH]1)CCNC2=O. The van der Waals surface area contributed by atoms with Crippen LogP contribution in [0.4, 0.5) is 0 Å². The van der Waals surface area contributed by atoms with Crippen LogP contribution in [-0.2, 0) is 6.42 Å². The molecule has 1 aromatic rings. The summed E-state index contributed by atoms with van der Waals surface area (Å²) in [5, 5.41) is 2.79. The number of hydrogen-bond donors (Lipinski definition) is 2. The van der Waals surface area contributed by atoms with Crippen LogP contribution in [0.1, 0.15) is 49.4 Å². The van der Waals surface area contributed by atoms with Gasteiger partial charge in [-0.3, -0.25) is 4.79 Å². The Hall–Kier alpha value is -1.25. The van der Waals surface area contributed by atoms with Crippen LogP contribution in [0.15, 0.2) is 6.07 Å². The smallest absolute Gasteiger partial charge is 0.253 e. The highest BCUT2D eigenvalue weighted by Gasteiger charge is 2.17. The van der Waals surface area contributed by atoms with Crippen LogP contribution in [0.2, 0.25) is 0 Å². The molecule has 0 radical (unpaired) electrons. The second-order valence-corrected chi connectivity index (χ2v) is 2.85. The third-order valence-corrected chi connectivity index (χ3v) is 1.94. The summed E-state index contributed by atoms with van der Waals surface area (Å²) in [6.07, 6.45) is 0.926. The maximum atomic E-state index is 11.2. The van der Waals surface area contributed by atoms with Gasteiger partial charge < -0.3 is 10.3 Å². The molecule has 15 heavy (non-hydrogen) atoms. The predicted molar refractivity (Wildman–Crippen MR) is 64.3 cm³/mol. The fourth-order valence-corrected chi connectivity index (χ4v) is 1.44. The Morgan fingerprint density at radius 3 is 2.33 bits per heavy atom. The van der Waals surface area contributed by atoms with E-state index >= 15 is 0 Å². The van der Waals surface area contributed by atoms with Gasteiger partial charge in [0.1, 0.15) is 0 Å². The van der Waals surface area contributed by atoms with Crippen molar-refractivity contribution in [1.29, 1.82) is 0 Å². The molecular formula is C12H22N2O. The van der Waals surface area contributed by atoms with Crippen LogP contribution in [0, 0.1) is 6.92 Å². The maximum absolute atomic E-state index is 11.2. The summed E-state index contributed by atoms with van der Waals surface area (Å²) in [6.45, 7) is 10.7. The van der Waals surface area contributed by atoms with Crippen LogP contribution in [-0.4, -0.2) is 17.4 Å². The molecule has 0 fully saturated rings. The quantitative estimate of drug-likeness (QED) is 0.679. The zero-order valence-corrected chi connectivity index (χ0v) is 10.4. The fourth-order valence-electron chi connectivity index (χ4n) is 1.44. The summed E-state index contributed by atoms with van der Waals surface area (Å²) in [5.41, 5.74) is 2.95. The van der Waals surface area contributed by atoms with Gasteiger partial charge in [-0.05, 0) is 13.0 Å². The van der Waals surface area contributed by atoms with E-state index < -0.39 is 0 Å². The minimum atomic E-state index is 0.0515. The molecule has 0 saturated heterocycles. The number of amides is 1. The Bertz CT molecular complexity index is 303. The van der Waals surface area contributed by atoms with E-state index in [4.69, 9.17) is 0 Å². The Kier molecular flexibility index (Phi) is 6.50. The number of H-pyrrole nitrogens is 1. The molecule has 1 aromatic heterocycles. The van der Waals surface area contributed by atoms with Gasteiger partial charge in [0.25, 0.3) is 5.91 Å². The van der Waals surface area contributed by atoms with E-state index in [0.29, 0.717) is 0 Å². The third-order valence-electron chi connectivity index (χ3n) is 1.94. The highest BCUT2D eigenvalue weighted by molar-refractivity contribution is 5.96. The van der Waals surface area contributed by atoms with Crippen molar-refractivity contribution in [3.05, 3.63) is 23.0 Å². The molecule has 0 aliphatic carbocycles. The Labute approximate surface area is 92.3 Å². The van der Waals surface area contributed by atoms with Crippen LogP contribution >= 0.6 is 0 Å². The molecule has 1 aliphatic heterocycles. The molecule has 0 saturated carbocycles. The predicted octanol–water partition coefficient (Wildman–Crippen LogP) is 2.66. The highest BCUT2D eigenvalue weighted by Crippen LogP contribution is 2.13. The lowest BCUT2D eigenvalue weighted by molar-refractivity contribution is 0.0946. The monoisotopic (exact) mass is 210 g/mol. The summed E-state index contributed by atoms with van der Waals surface area (Å²) in [6, 6.07) is 1.89. The van der Waals surface area contributed by atoms with Gasteiger partial charge in [0, 0.05) is 24.4 Å².